The molecule has 1 aromatic rings. The molecule has 0 fully saturated rings. The highest BCUT2D eigenvalue weighted by atomic mass is 79.9. The summed E-state index contributed by atoms with van der Waals surface area (Å²) in [6.45, 7) is 0. The van der Waals surface area contributed by atoms with Gasteiger partial charge in [-0.3, -0.25) is 0 Å². The number of esters is 1. The second-order valence-corrected chi connectivity index (χ2v) is 3.53. The van der Waals surface area contributed by atoms with Crippen LogP contribution in [0.25, 0.3) is 0 Å². The number of hydrogen-bond donors (Lipinski definition) is 0. The van der Waals surface area contributed by atoms with E-state index in [2.05, 4.69) is 20.7 Å². The highest BCUT2D eigenvalue weighted by Crippen LogP contribution is 2.23. The van der Waals surface area contributed by atoms with Crippen molar-refractivity contribution in [2.24, 2.45) is 0 Å². The number of halogens is 1. The maximum atomic E-state index is 11.4. The topological polar surface area (TPSA) is 35.5 Å². The highest BCUT2D eigenvalue weighted by molar-refractivity contribution is 9.08. The lowest BCUT2D eigenvalue weighted by molar-refractivity contribution is -0.152. The molecule has 0 saturated carbocycles. The monoisotopic (exact) mass is 272 g/mol. The fourth-order valence-electron chi connectivity index (χ4n) is 1.37. The van der Waals surface area contributed by atoms with Crippen LogP contribution in [0.2, 0.25) is 0 Å². The molecule has 0 aliphatic carbocycles. The maximum absolute atomic E-state index is 11.4. The summed E-state index contributed by atoms with van der Waals surface area (Å²) in [6, 6.07) is 7.60. The van der Waals surface area contributed by atoms with Crippen molar-refractivity contribution in [2.75, 3.05) is 14.2 Å². The molecule has 0 amide bonds. The molecule has 0 N–H and O–H groups in total. The molecule has 0 aromatic heterocycles. The molecule has 1 atom stereocenters. The van der Waals surface area contributed by atoms with Gasteiger partial charge in [0.1, 0.15) is 0 Å². The zero-order valence-corrected chi connectivity index (χ0v) is 10.3. The van der Waals surface area contributed by atoms with Crippen LogP contribution in [-0.4, -0.2) is 20.2 Å². The fraction of sp³-hybridized carbons (Fsp3) is 0.364. The molecule has 3 nitrogen and oxygen atoms in total. The molecule has 82 valence electrons. The summed E-state index contributed by atoms with van der Waals surface area (Å²) in [7, 11) is 2.84. The number of rotatable bonds is 4. The Balaban J connectivity index is 3.05. The predicted octanol–water partition coefficient (Wildman–Crippen LogP) is 2.44. The molecule has 15 heavy (non-hydrogen) atoms. The zero-order valence-electron chi connectivity index (χ0n) is 8.70. The van der Waals surface area contributed by atoms with Crippen LogP contribution < -0.4 is 0 Å². The first-order valence-electron chi connectivity index (χ1n) is 4.49. The molecule has 0 bridgehead atoms. The van der Waals surface area contributed by atoms with Crippen LogP contribution in [0.1, 0.15) is 17.2 Å². The molecular formula is C11H13BrO3. The molecule has 1 unspecified atom stereocenters. The Bertz CT molecular complexity index is 338. The van der Waals surface area contributed by atoms with E-state index in [0.29, 0.717) is 5.33 Å². The number of ether oxygens (including phenoxy) is 2. The van der Waals surface area contributed by atoms with Crippen molar-refractivity contribution in [1.29, 1.82) is 0 Å². The lowest BCUT2D eigenvalue weighted by atomic mass is 10.0. The maximum Gasteiger partial charge on any atom is 0.339 e. The van der Waals surface area contributed by atoms with E-state index in [1.54, 1.807) is 0 Å². The van der Waals surface area contributed by atoms with Crippen molar-refractivity contribution in [3.05, 3.63) is 35.4 Å². The summed E-state index contributed by atoms with van der Waals surface area (Å²) in [5, 5.41) is 0.681. The van der Waals surface area contributed by atoms with E-state index in [1.165, 1.54) is 14.2 Å². The van der Waals surface area contributed by atoms with Crippen LogP contribution >= 0.6 is 15.9 Å². The van der Waals surface area contributed by atoms with E-state index < -0.39 is 6.10 Å². The third-order valence-electron chi connectivity index (χ3n) is 2.13. The van der Waals surface area contributed by atoms with Gasteiger partial charge in [-0.05, 0) is 11.1 Å². The van der Waals surface area contributed by atoms with E-state index in [9.17, 15) is 4.79 Å². The van der Waals surface area contributed by atoms with Gasteiger partial charge in [-0.2, -0.15) is 0 Å². The molecule has 0 saturated heterocycles. The smallest absolute Gasteiger partial charge is 0.339 e. The van der Waals surface area contributed by atoms with Crippen molar-refractivity contribution in [2.45, 2.75) is 11.4 Å². The standard InChI is InChI=1S/C11H13BrO3/c1-14-10(11(13)15-2)9-6-4-3-5-8(9)7-12/h3-6,10H,7H2,1-2H3. The Labute approximate surface area is 97.5 Å². The lowest BCUT2D eigenvalue weighted by Gasteiger charge is -2.15. The Morgan fingerprint density at radius 3 is 2.60 bits per heavy atom. The second-order valence-electron chi connectivity index (χ2n) is 2.97. The summed E-state index contributed by atoms with van der Waals surface area (Å²) in [6.07, 6.45) is -0.649. The predicted molar refractivity (Wildman–Crippen MR) is 60.8 cm³/mol. The largest absolute Gasteiger partial charge is 0.467 e. The number of hydrogen-bond acceptors (Lipinski definition) is 3. The minimum absolute atomic E-state index is 0.383. The minimum atomic E-state index is -0.649. The Kier molecular flexibility index (Phi) is 4.78. The number of carbonyl (C=O) groups excluding carboxylic acids is 1. The van der Waals surface area contributed by atoms with Crippen LogP contribution in [0.3, 0.4) is 0 Å². The quantitative estimate of drug-likeness (QED) is 0.624. The van der Waals surface area contributed by atoms with Crippen LogP contribution in [-0.2, 0) is 19.6 Å². The van der Waals surface area contributed by atoms with Gasteiger partial charge in [0.25, 0.3) is 0 Å². The van der Waals surface area contributed by atoms with Gasteiger partial charge in [-0.1, -0.05) is 40.2 Å². The molecule has 0 aliphatic rings. The van der Waals surface area contributed by atoms with Crippen molar-refractivity contribution in [3.63, 3.8) is 0 Å². The van der Waals surface area contributed by atoms with Crippen LogP contribution in [0.15, 0.2) is 24.3 Å². The van der Waals surface area contributed by atoms with Gasteiger partial charge in [0.15, 0.2) is 6.10 Å². The van der Waals surface area contributed by atoms with E-state index in [0.717, 1.165) is 11.1 Å². The first-order valence-corrected chi connectivity index (χ1v) is 5.61. The van der Waals surface area contributed by atoms with Gasteiger partial charge in [0.2, 0.25) is 0 Å². The fourth-order valence-corrected chi connectivity index (χ4v) is 1.88. The van der Waals surface area contributed by atoms with Crippen molar-refractivity contribution in [1.82, 2.24) is 0 Å². The third kappa shape index (κ3) is 2.79. The molecule has 1 aromatic carbocycles. The lowest BCUT2D eigenvalue weighted by Crippen LogP contribution is -2.17. The first-order chi connectivity index (χ1) is 7.24. The third-order valence-corrected chi connectivity index (χ3v) is 2.74. The Morgan fingerprint density at radius 1 is 1.40 bits per heavy atom. The number of benzene rings is 1. The van der Waals surface area contributed by atoms with Crippen molar-refractivity contribution >= 4 is 21.9 Å². The van der Waals surface area contributed by atoms with Gasteiger partial charge < -0.3 is 9.47 Å². The van der Waals surface area contributed by atoms with E-state index in [1.807, 2.05) is 24.3 Å². The number of carbonyl (C=O) groups is 1. The molecule has 0 spiro atoms. The van der Waals surface area contributed by atoms with Gasteiger partial charge in [-0.25, -0.2) is 4.79 Å². The van der Waals surface area contributed by atoms with Crippen LogP contribution in [0.4, 0.5) is 0 Å². The number of methoxy groups -OCH3 is 2. The molecule has 0 heterocycles. The van der Waals surface area contributed by atoms with Gasteiger partial charge >= 0.3 is 5.97 Å². The second kappa shape index (κ2) is 5.88. The summed E-state index contributed by atoms with van der Waals surface area (Å²) in [4.78, 5) is 11.4. The summed E-state index contributed by atoms with van der Waals surface area (Å²) in [5.74, 6) is -0.383. The summed E-state index contributed by atoms with van der Waals surface area (Å²) >= 11 is 3.37. The van der Waals surface area contributed by atoms with Crippen molar-refractivity contribution < 1.29 is 14.3 Å². The van der Waals surface area contributed by atoms with Gasteiger partial charge in [0, 0.05) is 12.4 Å². The normalized spacial score (nSPS) is 12.2. The van der Waals surface area contributed by atoms with Gasteiger partial charge in [0.05, 0.1) is 7.11 Å². The molecule has 0 aliphatic heterocycles. The zero-order chi connectivity index (χ0) is 11.3. The van der Waals surface area contributed by atoms with E-state index >= 15 is 0 Å². The van der Waals surface area contributed by atoms with Crippen LogP contribution in [0, 0.1) is 0 Å². The Morgan fingerprint density at radius 2 is 2.07 bits per heavy atom. The molecule has 1 rings (SSSR count). The van der Waals surface area contributed by atoms with E-state index in [4.69, 9.17) is 4.74 Å². The highest BCUT2D eigenvalue weighted by Gasteiger charge is 2.22. The number of alkyl halides is 1. The van der Waals surface area contributed by atoms with Gasteiger partial charge in [-0.15, -0.1) is 0 Å². The Hall–Kier alpha value is -0.870. The summed E-state index contributed by atoms with van der Waals surface area (Å²) in [5.41, 5.74) is 1.86. The average molecular weight is 273 g/mol. The molecule has 4 heteroatoms. The summed E-state index contributed by atoms with van der Waals surface area (Å²) < 4.78 is 9.81. The van der Waals surface area contributed by atoms with Crippen LogP contribution in [0.5, 0.6) is 0 Å². The minimum Gasteiger partial charge on any atom is -0.467 e. The van der Waals surface area contributed by atoms with E-state index in [-0.39, 0.29) is 5.97 Å². The molecule has 0 radical (unpaired) electrons. The van der Waals surface area contributed by atoms with Crippen molar-refractivity contribution in [3.8, 4) is 0 Å². The average Bonchev–Trinajstić information content (AvgIpc) is 2.30. The first kappa shape index (κ1) is 12.2. The SMILES string of the molecule is COC(=O)C(OC)c1ccccc1CBr. The molecular weight excluding hydrogens is 260 g/mol.